The van der Waals surface area contributed by atoms with Gasteiger partial charge in [0.25, 0.3) is 0 Å². The van der Waals surface area contributed by atoms with Crippen molar-refractivity contribution in [2.45, 2.75) is 12.8 Å². The van der Waals surface area contributed by atoms with Crippen LogP contribution in [0.2, 0.25) is 0 Å². The Kier molecular flexibility index (Phi) is 4.75. The zero-order valence-electron chi connectivity index (χ0n) is 21.1. The Hall–Kier alpha value is -4.68. The fraction of sp³-hybridized carbons (Fsp3) is 0.0526. The monoisotopic (exact) mass is 482 g/mol. The van der Waals surface area contributed by atoms with Gasteiger partial charge in [0.05, 0.1) is 0 Å². The molecule has 8 rings (SSSR count). The fourth-order valence-electron chi connectivity index (χ4n) is 6.53. The summed E-state index contributed by atoms with van der Waals surface area (Å²) in [7, 11) is 0. The fourth-order valence-corrected chi connectivity index (χ4v) is 6.53. The summed E-state index contributed by atoms with van der Waals surface area (Å²) in [5.74, 6) is 0. The van der Waals surface area contributed by atoms with Crippen LogP contribution in [0.15, 0.2) is 121 Å². The Morgan fingerprint density at radius 1 is 0.342 bits per heavy atom. The van der Waals surface area contributed by atoms with Gasteiger partial charge in [0.15, 0.2) is 0 Å². The van der Waals surface area contributed by atoms with Gasteiger partial charge in [-0.2, -0.15) is 0 Å². The van der Waals surface area contributed by atoms with Crippen molar-refractivity contribution in [1.82, 2.24) is 0 Å². The molecule has 0 saturated carbocycles. The second kappa shape index (κ2) is 8.43. The molecule has 0 heterocycles. The maximum Gasteiger partial charge on any atom is -0.00132 e. The molecule has 2 aliphatic rings. The van der Waals surface area contributed by atoms with Crippen LogP contribution in [0, 0.1) is 0 Å². The first-order chi connectivity index (χ1) is 18.8. The zero-order chi connectivity index (χ0) is 25.1. The van der Waals surface area contributed by atoms with E-state index in [-0.39, 0.29) is 0 Å². The molecule has 0 N–H and O–H groups in total. The highest BCUT2D eigenvalue weighted by molar-refractivity contribution is 6.05. The molecule has 6 aromatic rings. The van der Waals surface area contributed by atoms with E-state index in [4.69, 9.17) is 0 Å². The van der Waals surface area contributed by atoms with E-state index >= 15 is 0 Å². The summed E-state index contributed by atoms with van der Waals surface area (Å²) >= 11 is 0. The predicted octanol–water partition coefficient (Wildman–Crippen LogP) is 9.85. The minimum atomic E-state index is 0.972. The van der Waals surface area contributed by atoms with Gasteiger partial charge < -0.3 is 0 Å². The molecule has 2 aliphatic carbocycles. The molecule has 178 valence electrons. The van der Waals surface area contributed by atoms with Crippen LogP contribution in [-0.2, 0) is 12.8 Å². The maximum atomic E-state index is 2.43. The second-order valence-corrected chi connectivity index (χ2v) is 10.5. The standard InChI is InChI=1S/C38H26/c1-3-11-31-25(9-1)17-19-27-21-29(23-37(27)31)33-13-5-7-15-35(33)36-16-8-6-14-34(36)30-22-28-20-18-26-10-2-4-12-32(26)38(28)24-30/h1-20,23-24H,21-22H2. The molecule has 0 atom stereocenters. The third-order valence-electron chi connectivity index (χ3n) is 8.36. The van der Waals surface area contributed by atoms with Crippen molar-refractivity contribution < 1.29 is 0 Å². The topological polar surface area (TPSA) is 0 Å². The van der Waals surface area contributed by atoms with Crippen molar-refractivity contribution in [3.63, 3.8) is 0 Å². The Morgan fingerprint density at radius 3 is 1.21 bits per heavy atom. The van der Waals surface area contributed by atoms with Crippen LogP contribution in [0.4, 0.5) is 0 Å². The number of allylic oxidation sites excluding steroid dienone is 2. The first-order valence-electron chi connectivity index (χ1n) is 13.4. The Bertz CT molecular complexity index is 1820. The smallest absolute Gasteiger partial charge is 0.00132 e. The van der Waals surface area contributed by atoms with E-state index in [1.807, 2.05) is 0 Å². The van der Waals surface area contributed by atoms with E-state index in [2.05, 4.69) is 133 Å². The van der Waals surface area contributed by atoms with Gasteiger partial charge >= 0.3 is 0 Å². The van der Waals surface area contributed by atoms with E-state index in [0.717, 1.165) is 12.8 Å². The van der Waals surface area contributed by atoms with E-state index in [9.17, 15) is 0 Å². The van der Waals surface area contributed by atoms with E-state index in [1.54, 1.807) is 0 Å². The highest BCUT2D eigenvalue weighted by Crippen LogP contribution is 2.43. The van der Waals surface area contributed by atoms with Crippen LogP contribution >= 0.6 is 0 Å². The lowest BCUT2D eigenvalue weighted by molar-refractivity contribution is 1.32. The van der Waals surface area contributed by atoms with Gasteiger partial charge in [-0.05, 0) is 102 Å². The average molecular weight is 483 g/mol. The third kappa shape index (κ3) is 3.31. The molecule has 0 radical (unpaired) electrons. The van der Waals surface area contributed by atoms with Crippen molar-refractivity contribution in [2.24, 2.45) is 0 Å². The highest BCUT2D eigenvalue weighted by Gasteiger charge is 2.22. The van der Waals surface area contributed by atoms with Gasteiger partial charge in [-0.25, -0.2) is 0 Å². The van der Waals surface area contributed by atoms with Crippen molar-refractivity contribution in [3.8, 4) is 11.1 Å². The molecule has 0 aromatic heterocycles. The normalized spacial score (nSPS) is 13.9. The molecule has 0 heteroatoms. The Balaban J connectivity index is 1.25. The molecule has 0 saturated heterocycles. The zero-order valence-corrected chi connectivity index (χ0v) is 21.1. The van der Waals surface area contributed by atoms with Crippen LogP contribution in [-0.4, -0.2) is 0 Å². The van der Waals surface area contributed by atoms with Crippen LogP contribution in [0.3, 0.4) is 0 Å². The van der Waals surface area contributed by atoms with E-state index < -0.39 is 0 Å². The summed E-state index contributed by atoms with van der Waals surface area (Å²) in [4.78, 5) is 0. The summed E-state index contributed by atoms with van der Waals surface area (Å²) in [5, 5.41) is 5.31. The molecule has 0 unspecified atom stereocenters. The number of rotatable bonds is 3. The van der Waals surface area contributed by atoms with Gasteiger partial charge in [0.1, 0.15) is 0 Å². The first kappa shape index (κ1) is 21.4. The summed E-state index contributed by atoms with van der Waals surface area (Å²) in [6.07, 6.45) is 6.80. The van der Waals surface area contributed by atoms with Crippen LogP contribution in [0.5, 0.6) is 0 Å². The predicted molar refractivity (Wildman–Crippen MR) is 163 cm³/mol. The highest BCUT2D eigenvalue weighted by atomic mass is 14.3. The van der Waals surface area contributed by atoms with E-state index in [1.165, 1.54) is 77.2 Å². The third-order valence-corrected chi connectivity index (χ3v) is 8.36. The lowest BCUT2D eigenvalue weighted by Crippen LogP contribution is -1.95. The molecule has 0 nitrogen and oxygen atoms in total. The molecule has 0 amide bonds. The number of fused-ring (bicyclic) bond motifs is 6. The number of hydrogen-bond donors (Lipinski definition) is 0. The largest absolute Gasteiger partial charge is 0.0616 e. The van der Waals surface area contributed by atoms with Crippen LogP contribution in [0.25, 0.3) is 56.0 Å². The average Bonchev–Trinajstić information content (AvgIpc) is 3.62. The van der Waals surface area contributed by atoms with Crippen LogP contribution in [0.1, 0.15) is 33.4 Å². The quantitative estimate of drug-likeness (QED) is 0.235. The molecular weight excluding hydrogens is 456 g/mol. The van der Waals surface area contributed by atoms with Gasteiger partial charge in [-0.15, -0.1) is 0 Å². The molecule has 6 aromatic carbocycles. The van der Waals surface area contributed by atoms with E-state index in [0.29, 0.717) is 0 Å². The molecule has 0 fully saturated rings. The van der Waals surface area contributed by atoms with Gasteiger partial charge in [-0.1, -0.05) is 121 Å². The molecule has 38 heavy (non-hydrogen) atoms. The van der Waals surface area contributed by atoms with Crippen molar-refractivity contribution in [3.05, 3.63) is 155 Å². The first-order valence-corrected chi connectivity index (χ1v) is 13.4. The number of benzene rings is 6. The second-order valence-electron chi connectivity index (χ2n) is 10.5. The minimum Gasteiger partial charge on any atom is -0.0616 e. The Labute approximate surface area is 223 Å². The molecular formula is C38H26. The lowest BCUT2D eigenvalue weighted by Gasteiger charge is -2.15. The summed E-state index contributed by atoms with van der Waals surface area (Å²) in [5.41, 5.74) is 13.7. The molecule has 0 spiro atoms. The van der Waals surface area contributed by atoms with Crippen molar-refractivity contribution in [1.29, 1.82) is 0 Å². The SMILES string of the molecule is C1=C(c2ccccc2-c2ccccc2C2=Cc3c(ccc4ccccc34)C2)Cc2ccc3ccccc3c21. The Morgan fingerprint density at radius 2 is 0.737 bits per heavy atom. The minimum absolute atomic E-state index is 0.972. The number of hydrogen-bond acceptors (Lipinski definition) is 0. The van der Waals surface area contributed by atoms with Crippen molar-refractivity contribution >= 4 is 44.8 Å². The van der Waals surface area contributed by atoms with Crippen molar-refractivity contribution in [2.75, 3.05) is 0 Å². The van der Waals surface area contributed by atoms with Gasteiger partial charge in [0, 0.05) is 0 Å². The lowest BCUT2D eigenvalue weighted by atomic mass is 9.88. The van der Waals surface area contributed by atoms with Crippen LogP contribution < -0.4 is 0 Å². The van der Waals surface area contributed by atoms with Gasteiger partial charge in [-0.3, -0.25) is 0 Å². The van der Waals surface area contributed by atoms with Gasteiger partial charge in [0.2, 0.25) is 0 Å². The molecule has 0 aliphatic heterocycles. The molecule has 0 bridgehead atoms. The maximum absolute atomic E-state index is 2.43. The summed E-state index contributed by atoms with van der Waals surface area (Å²) < 4.78 is 0. The summed E-state index contributed by atoms with van der Waals surface area (Å²) in [6.45, 7) is 0. The summed E-state index contributed by atoms with van der Waals surface area (Å²) in [6, 6.07) is 44.5.